The van der Waals surface area contributed by atoms with Gasteiger partial charge in [-0.3, -0.25) is 4.79 Å². The summed E-state index contributed by atoms with van der Waals surface area (Å²) in [4.78, 5) is 20.9. The summed E-state index contributed by atoms with van der Waals surface area (Å²) in [5.41, 5.74) is 1.68. The molecule has 0 bridgehead atoms. The number of fused-ring (bicyclic) bond motifs is 1. The normalized spacial score (nSPS) is 12.6. The third-order valence-corrected chi connectivity index (χ3v) is 3.15. The number of methoxy groups -OCH3 is 1. The molecule has 6 nitrogen and oxygen atoms in total. The van der Waals surface area contributed by atoms with Crippen LogP contribution in [0.15, 0.2) is 24.5 Å². The van der Waals surface area contributed by atoms with E-state index < -0.39 is 6.10 Å². The van der Waals surface area contributed by atoms with Gasteiger partial charge in [0.25, 0.3) is 0 Å². The summed E-state index contributed by atoms with van der Waals surface area (Å²) < 4.78 is 4.85. The number of H-pyrrole nitrogens is 1. The zero-order valence-electron chi connectivity index (χ0n) is 11.7. The first-order valence-electron chi connectivity index (χ1n) is 6.43. The Morgan fingerprint density at radius 2 is 2.40 bits per heavy atom. The molecule has 6 heteroatoms. The van der Waals surface area contributed by atoms with E-state index >= 15 is 0 Å². The van der Waals surface area contributed by atoms with Crippen molar-refractivity contribution in [1.82, 2.24) is 14.9 Å². The topological polar surface area (TPSA) is 78.5 Å². The molecule has 0 aliphatic heterocycles. The van der Waals surface area contributed by atoms with Crippen LogP contribution in [0.25, 0.3) is 11.0 Å². The van der Waals surface area contributed by atoms with Crippen molar-refractivity contribution in [3.63, 3.8) is 0 Å². The molecule has 2 aromatic rings. The molecule has 0 aliphatic rings. The lowest BCUT2D eigenvalue weighted by Crippen LogP contribution is -2.37. The summed E-state index contributed by atoms with van der Waals surface area (Å²) in [7, 11) is 3.19. The van der Waals surface area contributed by atoms with Crippen molar-refractivity contribution in [3.05, 3.63) is 30.1 Å². The predicted molar refractivity (Wildman–Crippen MR) is 75.3 cm³/mol. The summed E-state index contributed by atoms with van der Waals surface area (Å²) >= 11 is 0. The van der Waals surface area contributed by atoms with Crippen LogP contribution in [0.3, 0.4) is 0 Å². The van der Waals surface area contributed by atoms with Crippen LogP contribution >= 0.6 is 0 Å². The molecule has 0 aromatic carbocycles. The summed E-state index contributed by atoms with van der Waals surface area (Å²) in [5, 5.41) is 10.6. The Balaban J connectivity index is 2.00. The van der Waals surface area contributed by atoms with Gasteiger partial charge in [-0.1, -0.05) is 0 Å². The Kier molecular flexibility index (Phi) is 4.70. The molecule has 0 radical (unpaired) electrons. The van der Waals surface area contributed by atoms with Crippen LogP contribution in [-0.2, 0) is 16.0 Å². The minimum Gasteiger partial charge on any atom is -0.389 e. The third-order valence-electron chi connectivity index (χ3n) is 3.15. The van der Waals surface area contributed by atoms with E-state index in [4.69, 9.17) is 4.74 Å². The number of aliphatic hydroxyl groups is 1. The number of ether oxygens (including phenoxy) is 1. The molecule has 1 amide bonds. The molecule has 0 aliphatic carbocycles. The van der Waals surface area contributed by atoms with E-state index in [0.717, 1.165) is 16.6 Å². The van der Waals surface area contributed by atoms with Gasteiger partial charge in [0, 0.05) is 38.5 Å². The van der Waals surface area contributed by atoms with Gasteiger partial charge in [0.15, 0.2) is 0 Å². The Labute approximate surface area is 117 Å². The minimum atomic E-state index is -0.668. The number of carbonyl (C=O) groups excluding carboxylic acids is 1. The van der Waals surface area contributed by atoms with E-state index in [1.165, 1.54) is 12.0 Å². The van der Waals surface area contributed by atoms with Gasteiger partial charge < -0.3 is 19.7 Å². The third kappa shape index (κ3) is 3.34. The molecule has 1 atom stereocenters. The molecule has 20 heavy (non-hydrogen) atoms. The molecule has 0 spiro atoms. The molecular weight excluding hydrogens is 258 g/mol. The van der Waals surface area contributed by atoms with E-state index in [1.54, 1.807) is 19.4 Å². The number of hydrogen-bond acceptors (Lipinski definition) is 4. The van der Waals surface area contributed by atoms with Crippen LogP contribution in [0.4, 0.5) is 0 Å². The van der Waals surface area contributed by atoms with Crippen molar-refractivity contribution >= 4 is 16.9 Å². The van der Waals surface area contributed by atoms with E-state index in [-0.39, 0.29) is 25.5 Å². The maximum Gasteiger partial charge on any atom is 0.226 e. The average molecular weight is 277 g/mol. The molecule has 0 saturated carbocycles. The van der Waals surface area contributed by atoms with Gasteiger partial charge in [0.2, 0.25) is 5.91 Å². The lowest BCUT2D eigenvalue weighted by Gasteiger charge is -2.20. The molecule has 2 rings (SSSR count). The largest absolute Gasteiger partial charge is 0.389 e. The number of aromatic amines is 1. The number of hydrogen-bond donors (Lipinski definition) is 2. The van der Waals surface area contributed by atoms with Crippen molar-refractivity contribution in [2.45, 2.75) is 12.5 Å². The zero-order valence-corrected chi connectivity index (χ0v) is 11.7. The highest BCUT2D eigenvalue weighted by Gasteiger charge is 2.15. The van der Waals surface area contributed by atoms with E-state index in [0.29, 0.717) is 0 Å². The fourth-order valence-corrected chi connectivity index (χ4v) is 2.12. The second kappa shape index (κ2) is 6.49. The molecule has 0 saturated heterocycles. The Hall–Kier alpha value is -1.92. The molecular formula is C14H19N3O3. The minimum absolute atomic E-state index is 0.0510. The van der Waals surface area contributed by atoms with E-state index in [2.05, 4.69) is 9.97 Å². The number of nitrogens with one attached hydrogen (secondary N) is 1. The fourth-order valence-electron chi connectivity index (χ4n) is 2.12. The van der Waals surface area contributed by atoms with Gasteiger partial charge in [-0.25, -0.2) is 4.98 Å². The molecule has 2 aromatic heterocycles. The number of aromatic nitrogens is 2. The van der Waals surface area contributed by atoms with Gasteiger partial charge >= 0.3 is 0 Å². The number of likely N-dealkylation sites (N-methyl/N-ethyl adjacent to an activating group) is 1. The molecule has 0 fully saturated rings. The standard InChI is InChI=1S/C14H19N3O3/c1-17(8-11(18)9-20-2)13(19)6-10-7-16-14-12(10)4-3-5-15-14/h3-5,7,11,18H,6,8-9H2,1-2H3,(H,15,16). The fraction of sp³-hybridized carbons (Fsp3) is 0.429. The first-order valence-corrected chi connectivity index (χ1v) is 6.43. The molecule has 2 heterocycles. The number of rotatable bonds is 6. The van der Waals surface area contributed by atoms with Gasteiger partial charge in [0.05, 0.1) is 19.1 Å². The smallest absolute Gasteiger partial charge is 0.226 e. The first-order chi connectivity index (χ1) is 9.61. The number of carbonyl (C=O) groups is 1. The van der Waals surface area contributed by atoms with Crippen LogP contribution in [0.2, 0.25) is 0 Å². The van der Waals surface area contributed by atoms with Crippen LogP contribution in [0, 0.1) is 0 Å². The van der Waals surface area contributed by atoms with Crippen molar-refractivity contribution in [3.8, 4) is 0 Å². The van der Waals surface area contributed by atoms with Crippen LogP contribution < -0.4 is 0 Å². The number of pyridine rings is 1. The quantitative estimate of drug-likeness (QED) is 0.809. The number of nitrogens with zero attached hydrogens (tertiary/aromatic N) is 2. The molecule has 108 valence electrons. The van der Waals surface area contributed by atoms with Gasteiger partial charge in [-0.05, 0) is 17.7 Å². The summed E-state index contributed by atoms with van der Waals surface area (Å²) in [6.07, 6.45) is 3.12. The van der Waals surface area contributed by atoms with Gasteiger partial charge in [0.1, 0.15) is 5.65 Å². The van der Waals surface area contributed by atoms with Crippen molar-refractivity contribution in [2.75, 3.05) is 27.3 Å². The lowest BCUT2D eigenvalue weighted by molar-refractivity contribution is -0.130. The van der Waals surface area contributed by atoms with Crippen LogP contribution in [-0.4, -0.2) is 59.3 Å². The molecule has 2 N–H and O–H groups in total. The number of amides is 1. The van der Waals surface area contributed by atoms with E-state index in [9.17, 15) is 9.90 Å². The lowest BCUT2D eigenvalue weighted by atomic mass is 10.1. The predicted octanol–water partition coefficient (Wildman–Crippen LogP) is 0.571. The molecule has 1 unspecified atom stereocenters. The average Bonchev–Trinajstić information content (AvgIpc) is 2.82. The maximum absolute atomic E-state index is 12.1. The summed E-state index contributed by atoms with van der Waals surface area (Å²) in [6.45, 7) is 0.474. The van der Waals surface area contributed by atoms with Gasteiger partial charge in [-0.2, -0.15) is 0 Å². The highest BCUT2D eigenvalue weighted by Crippen LogP contribution is 2.16. The van der Waals surface area contributed by atoms with E-state index in [1.807, 2.05) is 12.1 Å². The Morgan fingerprint density at radius 3 is 3.15 bits per heavy atom. The monoisotopic (exact) mass is 277 g/mol. The summed E-state index contributed by atoms with van der Waals surface area (Å²) in [6, 6.07) is 3.78. The first kappa shape index (κ1) is 14.5. The van der Waals surface area contributed by atoms with Crippen molar-refractivity contribution in [1.29, 1.82) is 0 Å². The summed E-state index contributed by atoms with van der Waals surface area (Å²) in [5.74, 6) is -0.0510. The Morgan fingerprint density at radius 1 is 1.60 bits per heavy atom. The zero-order chi connectivity index (χ0) is 14.5. The number of aliphatic hydroxyl groups excluding tert-OH is 1. The Bertz CT molecular complexity index is 582. The van der Waals surface area contributed by atoms with Gasteiger partial charge in [-0.15, -0.1) is 0 Å². The van der Waals surface area contributed by atoms with Crippen LogP contribution in [0.5, 0.6) is 0 Å². The van der Waals surface area contributed by atoms with Crippen molar-refractivity contribution < 1.29 is 14.6 Å². The highest BCUT2D eigenvalue weighted by atomic mass is 16.5. The SMILES string of the molecule is COCC(O)CN(C)C(=O)Cc1c[nH]c2ncccc12. The maximum atomic E-state index is 12.1. The highest BCUT2D eigenvalue weighted by molar-refractivity contribution is 5.86. The van der Waals surface area contributed by atoms with Crippen molar-refractivity contribution in [2.24, 2.45) is 0 Å². The van der Waals surface area contributed by atoms with Crippen LogP contribution in [0.1, 0.15) is 5.56 Å². The second-order valence-corrected chi connectivity index (χ2v) is 4.77. The second-order valence-electron chi connectivity index (χ2n) is 4.77.